The van der Waals surface area contributed by atoms with Gasteiger partial charge >= 0.3 is 0 Å². The van der Waals surface area contributed by atoms with Crippen LogP contribution in [-0.4, -0.2) is 18.2 Å². The Morgan fingerprint density at radius 2 is 2.23 bits per heavy atom. The van der Waals surface area contributed by atoms with E-state index in [0.29, 0.717) is 6.42 Å². The molecule has 0 N–H and O–H groups in total. The van der Waals surface area contributed by atoms with Gasteiger partial charge < -0.3 is 4.18 Å². The van der Waals surface area contributed by atoms with Crippen molar-refractivity contribution in [2.75, 3.05) is 12.9 Å². The summed E-state index contributed by atoms with van der Waals surface area (Å²) < 4.78 is 5.06. The number of halogens is 1. The monoisotopic (exact) mass is 218 g/mol. The number of rotatable bonds is 5. The normalized spacial score (nSPS) is 16.7. The van der Waals surface area contributed by atoms with Crippen LogP contribution in [0.1, 0.15) is 13.3 Å². The second-order valence-electron chi connectivity index (χ2n) is 2.90. The molecule has 0 fully saturated rings. The molecule has 0 aromatic heterocycles. The molecular formula is C8H11ClN2OS. The van der Waals surface area contributed by atoms with Crippen LogP contribution in [0.5, 0.6) is 0 Å². The van der Waals surface area contributed by atoms with Gasteiger partial charge in [0.1, 0.15) is 5.38 Å². The fourth-order valence-electron chi connectivity index (χ4n) is 0.767. The summed E-state index contributed by atoms with van der Waals surface area (Å²) in [4.78, 5) is 0. The summed E-state index contributed by atoms with van der Waals surface area (Å²) in [6.45, 7) is 2.02. The SMILES string of the molecule is CSOC[C@](C)(C#N)C[C@@H](Cl)C#N. The van der Waals surface area contributed by atoms with Crippen LogP contribution in [-0.2, 0) is 4.18 Å². The second kappa shape index (κ2) is 6.10. The van der Waals surface area contributed by atoms with Crippen molar-refractivity contribution in [2.24, 2.45) is 5.41 Å². The van der Waals surface area contributed by atoms with E-state index in [4.69, 9.17) is 26.3 Å². The molecular weight excluding hydrogens is 208 g/mol. The Morgan fingerprint density at radius 1 is 1.62 bits per heavy atom. The lowest BCUT2D eigenvalue weighted by molar-refractivity contribution is 0.235. The summed E-state index contributed by atoms with van der Waals surface area (Å²) in [6, 6.07) is 3.99. The Balaban J connectivity index is 4.15. The van der Waals surface area contributed by atoms with Crippen molar-refractivity contribution < 1.29 is 4.18 Å². The van der Waals surface area contributed by atoms with Gasteiger partial charge in [0, 0.05) is 6.26 Å². The molecule has 3 nitrogen and oxygen atoms in total. The highest BCUT2D eigenvalue weighted by atomic mass is 35.5. The molecule has 0 radical (unpaired) electrons. The molecule has 0 aliphatic heterocycles. The molecule has 0 saturated heterocycles. The standard InChI is InChI=1S/C8H11ClN2OS/c1-8(5-11,6-12-13-2)3-7(9)4-10/h7H,3,6H2,1-2H3/t7-,8+/m1/s1. The van der Waals surface area contributed by atoms with E-state index < -0.39 is 10.8 Å². The van der Waals surface area contributed by atoms with Crippen molar-refractivity contribution in [3.8, 4) is 12.1 Å². The largest absolute Gasteiger partial charge is 0.314 e. The zero-order valence-corrected chi connectivity index (χ0v) is 9.15. The minimum Gasteiger partial charge on any atom is -0.314 e. The van der Waals surface area contributed by atoms with Crippen LogP contribution in [0.25, 0.3) is 0 Å². The Bertz CT molecular complexity index is 235. The summed E-state index contributed by atoms with van der Waals surface area (Å²) in [5, 5.41) is 16.7. The molecule has 0 heterocycles. The number of hydrogen-bond acceptors (Lipinski definition) is 4. The second-order valence-corrected chi connectivity index (χ2v) is 4.00. The Morgan fingerprint density at radius 3 is 2.62 bits per heavy atom. The van der Waals surface area contributed by atoms with Crippen molar-refractivity contribution in [1.29, 1.82) is 10.5 Å². The van der Waals surface area contributed by atoms with E-state index in [0.717, 1.165) is 0 Å². The first-order chi connectivity index (χ1) is 6.08. The van der Waals surface area contributed by atoms with Gasteiger partial charge in [-0.1, -0.05) is 0 Å². The molecule has 0 rings (SSSR count). The lowest BCUT2D eigenvalue weighted by Crippen LogP contribution is -2.23. The molecule has 0 aromatic rings. The summed E-state index contributed by atoms with van der Waals surface area (Å²) >= 11 is 6.83. The third-order valence-electron chi connectivity index (χ3n) is 1.54. The minimum absolute atomic E-state index is 0.287. The van der Waals surface area contributed by atoms with E-state index in [1.54, 1.807) is 13.2 Å². The van der Waals surface area contributed by atoms with Gasteiger partial charge in [0.15, 0.2) is 0 Å². The molecule has 13 heavy (non-hydrogen) atoms. The topological polar surface area (TPSA) is 56.8 Å². The first kappa shape index (κ1) is 12.6. The maximum atomic E-state index is 8.85. The van der Waals surface area contributed by atoms with Gasteiger partial charge in [-0.3, -0.25) is 0 Å². The van der Waals surface area contributed by atoms with Crippen LogP contribution in [0.2, 0.25) is 0 Å². The zero-order valence-electron chi connectivity index (χ0n) is 7.58. The third-order valence-corrected chi connectivity index (χ3v) is 2.14. The van der Waals surface area contributed by atoms with Crippen molar-refractivity contribution in [3.05, 3.63) is 0 Å². The summed E-state index contributed by atoms with van der Waals surface area (Å²) in [5.74, 6) is 0. The molecule has 0 aliphatic carbocycles. The number of hydrogen-bond donors (Lipinski definition) is 0. The molecule has 0 aromatic carbocycles. The van der Waals surface area contributed by atoms with Gasteiger partial charge in [-0.25, -0.2) is 0 Å². The third kappa shape index (κ3) is 5.00. The van der Waals surface area contributed by atoms with Gasteiger partial charge in [-0.15, -0.1) is 11.6 Å². The predicted molar refractivity (Wildman–Crippen MR) is 53.1 cm³/mol. The Kier molecular flexibility index (Phi) is 5.90. The van der Waals surface area contributed by atoms with Crippen LogP contribution in [0.3, 0.4) is 0 Å². The quantitative estimate of drug-likeness (QED) is 0.525. The van der Waals surface area contributed by atoms with Crippen molar-refractivity contribution in [1.82, 2.24) is 0 Å². The first-order valence-electron chi connectivity index (χ1n) is 3.68. The van der Waals surface area contributed by atoms with Crippen molar-refractivity contribution >= 4 is 23.6 Å². The van der Waals surface area contributed by atoms with Crippen LogP contribution in [0.4, 0.5) is 0 Å². The molecule has 0 bridgehead atoms. The number of alkyl halides is 1. The summed E-state index contributed by atoms with van der Waals surface area (Å²) in [5.41, 5.74) is -0.675. The predicted octanol–water partition coefficient (Wildman–Crippen LogP) is 2.33. The van der Waals surface area contributed by atoms with Crippen LogP contribution in [0.15, 0.2) is 0 Å². The van der Waals surface area contributed by atoms with Crippen molar-refractivity contribution in [2.45, 2.75) is 18.7 Å². The van der Waals surface area contributed by atoms with E-state index in [1.165, 1.54) is 12.0 Å². The van der Waals surface area contributed by atoms with E-state index in [-0.39, 0.29) is 6.61 Å². The number of nitrogens with zero attached hydrogens (tertiary/aromatic N) is 2. The lowest BCUT2D eigenvalue weighted by atomic mass is 9.88. The average molecular weight is 219 g/mol. The molecule has 0 amide bonds. The molecule has 2 atom stereocenters. The van der Waals surface area contributed by atoms with E-state index in [2.05, 4.69) is 6.07 Å². The highest BCUT2D eigenvalue weighted by Gasteiger charge is 2.27. The van der Waals surface area contributed by atoms with Crippen LogP contribution in [0, 0.1) is 28.1 Å². The molecule has 0 unspecified atom stereocenters. The maximum Gasteiger partial charge on any atom is 0.122 e. The summed E-state index contributed by atoms with van der Waals surface area (Å²) in [7, 11) is 0. The van der Waals surface area contributed by atoms with E-state index >= 15 is 0 Å². The molecule has 0 spiro atoms. The number of nitriles is 2. The van der Waals surface area contributed by atoms with Crippen LogP contribution < -0.4 is 0 Å². The fraction of sp³-hybridized carbons (Fsp3) is 0.750. The molecule has 5 heteroatoms. The Labute approximate surface area is 87.8 Å². The maximum absolute atomic E-state index is 8.85. The van der Waals surface area contributed by atoms with Gasteiger partial charge in [0.05, 0.1) is 24.2 Å². The Hall–Kier alpha value is -0.420. The first-order valence-corrected chi connectivity index (χ1v) is 5.27. The van der Waals surface area contributed by atoms with Gasteiger partial charge in [0.2, 0.25) is 0 Å². The van der Waals surface area contributed by atoms with E-state index in [9.17, 15) is 0 Å². The zero-order chi connectivity index (χ0) is 10.3. The van der Waals surface area contributed by atoms with Gasteiger partial charge in [-0.05, 0) is 25.4 Å². The van der Waals surface area contributed by atoms with Crippen molar-refractivity contribution in [3.63, 3.8) is 0 Å². The average Bonchev–Trinajstić information content (AvgIpc) is 2.14. The highest BCUT2D eigenvalue weighted by molar-refractivity contribution is 7.93. The van der Waals surface area contributed by atoms with Gasteiger partial charge in [0.25, 0.3) is 0 Å². The fourth-order valence-corrected chi connectivity index (χ4v) is 1.49. The van der Waals surface area contributed by atoms with Crippen LogP contribution >= 0.6 is 23.6 Å². The summed E-state index contributed by atoms with van der Waals surface area (Å²) in [6.07, 6.45) is 2.10. The molecule has 72 valence electrons. The van der Waals surface area contributed by atoms with Gasteiger partial charge in [-0.2, -0.15) is 10.5 Å². The lowest BCUT2D eigenvalue weighted by Gasteiger charge is -2.20. The van der Waals surface area contributed by atoms with E-state index in [1.807, 2.05) is 6.07 Å². The minimum atomic E-state index is -0.675. The smallest absolute Gasteiger partial charge is 0.122 e. The molecule has 0 aliphatic rings. The highest BCUT2D eigenvalue weighted by Crippen LogP contribution is 2.26. The molecule has 0 saturated carbocycles.